The number of nitrogens with zero attached hydrogens (tertiary/aromatic N) is 2. The van der Waals surface area contributed by atoms with Crippen molar-refractivity contribution in [3.05, 3.63) is 39.1 Å². The molecule has 1 aromatic heterocycles. The molecule has 5 aliphatic rings. The lowest BCUT2D eigenvalue weighted by Crippen LogP contribution is -2.49. The molecule has 3 nitrogen and oxygen atoms in total. The molecule has 142 valence electrons. The van der Waals surface area contributed by atoms with Crippen LogP contribution in [0.1, 0.15) is 62.6 Å². The number of hydrogen-bond acceptors (Lipinski definition) is 2. The number of benzene rings is 1. The second-order valence-corrected chi connectivity index (χ2v) is 10.9. The maximum Gasteiger partial charge on any atom is 0.133 e. The predicted octanol–water partition coefficient (Wildman–Crippen LogP) is 5.69. The minimum absolute atomic E-state index is 0.374. The van der Waals surface area contributed by atoms with Crippen LogP contribution in [0.3, 0.4) is 0 Å². The molecule has 4 aliphatic carbocycles. The van der Waals surface area contributed by atoms with Crippen LogP contribution in [0.2, 0.25) is 0 Å². The summed E-state index contributed by atoms with van der Waals surface area (Å²) in [6, 6.07) is 8.85. The van der Waals surface area contributed by atoms with Gasteiger partial charge in [-0.2, -0.15) is 5.10 Å². The van der Waals surface area contributed by atoms with E-state index in [0.29, 0.717) is 5.41 Å². The van der Waals surface area contributed by atoms with Crippen LogP contribution in [-0.2, 0) is 11.8 Å². The molecule has 0 atom stereocenters. The maximum absolute atomic E-state index is 5.38. The zero-order chi connectivity index (χ0) is 18.0. The summed E-state index contributed by atoms with van der Waals surface area (Å²) in [6.07, 6.45) is 12.4. The highest BCUT2D eigenvalue weighted by Gasteiger charge is 2.53. The third-order valence-electron chi connectivity index (χ3n) is 7.74. The number of hydrogen-bond donors (Lipinski definition) is 1. The topological polar surface area (TPSA) is 29.9 Å². The summed E-state index contributed by atoms with van der Waals surface area (Å²) in [4.78, 5) is 0. The molecule has 4 bridgehead atoms. The van der Waals surface area contributed by atoms with E-state index in [1.807, 2.05) is 0 Å². The highest BCUT2D eigenvalue weighted by molar-refractivity contribution is 14.1. The first kappa shape index (κ1) is 16.9. The molecule has 4 heteroatoms. The van der Waals surface area contributed by atoms with Crippen molar-refractivity contribution < 1.29 is 0 Å². The van der Waals surface area contributed by atoms with E-state index >= 15 is 0 Å². The van der Waals surface area contributed by atoms with Crippen molar-refractivity contribution in [3.63, 3.8) is 0 Å². The molecule has 0 saturated heterocycles. The summed E-state index contributed by atoms with van der Waals surface area (Å²) < 4.78 is 3.52. The number of halogens is 1. The van der Waals surface area contributed by atoms with Crippen molar-refractivity contribution in [2.45, 2.75) is 63.2 Å². The lowest BCUT2D eigenvalue weighted by Gasteiger charge is -2.56. The van der Waals surface area contributed by atoms with Crippen LogP contribution >= 0.6 is 22.6 Å². The van der Waals surface area contributed by atoms with Crippen LogP contribution < -0.4 is 5.32 Å². The average molecular weight is 473 g/mol. The fraction of sp³-hybridized carbons (Fsp3) is 0.609. The van der Waals surface area contributed by atoms with Crippen LogP contribution in [0.25, 0.3) is 5.69 Å². The van der Waals surface area contributed by atoms with E-state index in [-0.39, 0.29) is 0 Å². The molecule has 0 radical (unpaired) electrons. The summed E-state index contributed by atoms with van der Waals surface area (Å²) in [6.45, 7) is 1.07. The van der Waals surface area contributed by atoms with Gasteiger partial charge in [-0.3, -0.25) is 0 Å². The molecule has 27 heavy (non-hydrogen) atoms. The van der Waals surface area contributed by atoms with E-state index in [9.17, 15) is 0 Å². The Labute approximate surface area is 175 Å². The van der Waals surface area contributed by atoms with Crippen molar-refractivity contribution in [2.24, 2.45) is 17.8 Å². The van der Waals surface area contributed by atoms with Crippen LogP contribution in [-0.4, -0.2) is 16.3 Å². The van der Waals surface area contributed by atoms with Gasteiger partial charge in [0, 0.05) is 21.1 Å². The Hall–Kier alpha value is -1.04. The Morgan fingerprint density at radius 2 is 1.63 bits per heavy atom. The molecule has 0 spiro atoms. The van der Waals surface area contributed by atoms with Gasteiger partial charge in [0.2, 0.25) is 0 Å². The maximum atomic E-state index is 5.38. The van der Waals surface area contributed by atoms with E-state index in [1.165, 1.54) is 78.6 Å². The minimum Gasteiger partial charge on any atom is -0.370 e. The van der Waals surface area contributed by atoms with Gasteiger partial charge < -0.3 is 5.32 Å². The Kier molecular flexibility index (Phi) is 3.89. The quantitative estimate of drug-likeness (QED) is 0.568. The van der Waals surface area contributed by atoms with Crippen molar-refractivity contribution in [1.82, 2.24) is 9.78 Å². The van der Waals surface area contributed by atoms with Gasteiger partial charge in [-0.05, 0) is 122 Å². The summed E-state index contributed by atoms with van der Waals surface area (Å²) in [5.41, 5.74) is 4.61. The number of aromatic nitrogens is 2. The fourth-order valence-corrected chi connectivity index (χ4v) is 7.46. The normalized spacial score (nSPS) is 34.2. The molecule has 4 saturated carbocycles. The van der Waals surface area contributed by atoms with E-state index in [4.69, 9.17) is 5.10 Å². The summed E-state index contributed by atoms with van der Waals surface area (Å²) in [7, 11) is 0. The van der Waals surface area contributed by atoms with Gasteiger partial charge in [-0.25, -0.2) is 4.68 Å². The Bertz CT molecular complexity index is 831. The van der Waals surface area contributed by atoms with Crippen molar-refractivity contribution in [1.29, 1.82) is 0 Å². The van der Waals surface area contributed by atoms with Crippen LogP contribution in [0.15, 0.2) is 24.3 Å². The molecule has 2 aromatic rings. The molecule has 4 fully saturated rings. The standard InChI is InChI=1S/C23H28IN3/c24-18-4-6-19(7-5-18)27-22-20(3-1-2-8-25-22)21(26-27)23-12-15-9-16(13-23)11-17(10-15)14-23/h4-7,15-17,25H,1-3,8-14H2. The molecular weight excluding hydrogens is 445 g/mol. The van der Waals surface area contributed by atoms with E-state index in [1.54, 1.807) is 5.56 Å². The second-order valence-electron chi connectivity index (χ2n) is 9.65. The summed E-state index contributed by atoms with van der Waals surface area (Å²) in [5, 5.41) is 9.13. The largest absolute Gasteiger partial charge is 0.370 e. The van der Waals surface area contributed by atoms with Crippen LogP contribution in [0.4, 0.5) is 5.82 Å². The van der Waals surface area contributed by atoms with Crippen LogP contribution in [0.5, 0.6) is 0 Å². The molecule has 1 aromatic carbocycles. The first-order chi connectivity index (χ1) is 13.2. The zero-order valence-electron chi connectivity index (χ0n) is 15.9. The second kappa shape index (κ2) is 6.23. The molecular formula is C23H28IN3. The monoisotopic (exact) mass is 473 g/mol. The van der Waals surface area contributed by atoms with Gasteiger partial charge >= 0.3 is 0 Å². The van der Waals surface area contributed by atoms with Gasteiger partial charge in [0.25, 0.3) is 0 Å². The smallest absolute Gasteiger partial charge is 0.133 e. The highest BCUT2D eigenvalue weighted by atomic mass is 127. The third kappa shape index (κ3) is 2.69. The minimum atomic E-state index is 0.374. The number of anilines is 1. The lowest BCUT2D eigenvalue weighted by atomic mass is 9.48. The Balaban J connectivity index is 1.50. The SMILES string of the molecule is Ic1ccc(-n2nc(C34CC5CC(CC(C5)C3)C4)c3c2NCCCC3)cc1. The van der Waals surface area contributed by atoms with E-state index in [2.05, 4.69) is 56.9 Å². The Morgan fingerprint density at radius 3 is 2.30 bits per heavy atom. The average Bonchev–Trinajstić information content (AvgIpc) is 2.84. The molecule has 1 N–H and O–H groups in total. The van der Waals surface area contributed by atoms with Gasteiger partial charge in [-0.15, -0.1) is 0 Å². The lowest BCUT2D eigenvalue weighted by molar-refractivity contribution is -0.00773. The van der Waals surface area contributed by atoms with E-state index in [0.717, 1.165) is 24.3 Å². The first-order valence-electron chi connectivity index (χ1n) is 10.8. The molecule has 7 rings (SSSR count). The zero-order valence-corrected chi connectivity index (χ0v) is 18.0. The Morgan fingerprint density at radius 1 is 0.963 bits per heavy atom. The van der Waals surface area contributed by atoms with Crippen molar-refractivity contribution >= 4 is 28.4 Å². The van der Waals surface area contributed by atoms with Gasteiger partial charge in [0.05, 0.1) is 11.4 Å². The summed E-state index contributed by atoms with van der Waals surface area (Å²) in [5.74, 6) is 4.19. The summed E-state index contributed by atoms with van der Waals surface area (Å²) >= 11 is 2.39. The highest BCUT2D eigenvalue weighted by Crippen LogP contribution is 2.61. The molecule has 2 heterocycles. The van der Waals surface area contributed by atoms with Crippen molar-refractivity contribution in [3.8, 4) is 5.69 Å². The van der Waals surface area contributed by atoms with Gasteiger partial charge in [0.1, 0.15) is 5.82 Å². The van der Waals surface area contributed by atoms with Gasteiger partial charge in [0.15, 0.2) is 0 Å². The van der Waals surface area contributed by atoms with E-state index < -0.39 is 0 Å². The number of rotatable bonds is 2. The molecule has 0 unspecified atom stereocenters. The molecule has 1 aliphatic heterocycles. The number of fused-ring (bicyclic) bond motifs is 1. The first-order valence-corrected chi connectivity index (χ1v) is 11.9. The number of nitrogens with one attached hydrogen (secondary N) is 1. The van der Waals surface area contributed by atoms with Gasteiger partial charge in [-0.1, -0.05) is 0 Å². The van der Waals surface area contributed by atoms with Crippen molar-refractivity contribution in [2.75, 3.05) is 11.9 Å². The fourth-order valence-electron chi connectivity index (χ4n) is 7.10. The third-order valence-corrected chi connectivity index (χ3v) is 8.46. The molecule has 0 amide bonds. The van der Waals surface area contributed by atoms with Crippen LogP contribution in [0, 0.1) is 21.3 Å². The predicted molar refractivity (Wildman–Crippen MR) is 118 cm³/mol.